The fraction of sp³-hybridized carbons (Fsp3) is 0.385. The summed E-state index contributed by atoms with van der Waals surface area (Å²) in [5.74, 6) is 0.186. The zero-order chi connectivity index (χ0) is 24.1. The first-order valence-electron chi connectivity index (χ1n) is 11.6. The van der Waals surface area contributed by atoms with Gasteiger partial charge in [-0.3, -0.25) is 4.68 Å². The lowest BCUT2D eigenvalue weighted by atomic mass is 9.95. The number of hydrogen-bond acceptors (Lipinski definition) is 6. The molecule has 1 saturated carbocycles. The van der Waals surface area contributed by atoms with E-state index in [4.69, 9.17) is 14.6 Å². The zero-order valence-electron chi connectivity index (χ0n) is 19.6. The van der Waals surface area contributed by atoms with Crippen molar-refractivity contribution in [2.75, 3.05) is 12.9 Å². The predicted molar refractivity (Wildman–Crippen MR) is 130 cm³/mol. The summed E-state index contributed by atoms with van der Waals surface area (Å²) in [6.45, 7) is 2.34. The fourth-order valence-corrected chi connectivity index (χ4v) is 4.92. The maximum absolute atomic E-state index is 12.0. The molecule has 0 atom stereocenters. The molecule has 0 unspecified atom stereocenters. The summed E-state index contributed by atoms with van der Waals surface area (Å²) in [5, 5.41) is 4.87. The Morgan fingerprint density at radius 1 is 1.06 bits per heavy atom. The van der Waals surface area contributed by atoms with Crippen LogP contribution >= 0.6 is 0 Å². The van der Waals surface area contributed by atoms with Gasteiger partial charge in [0.2, 0.25) is 0 Å². The number of benzene rings is 2. The van der Waals surface area contributed by atoms with E-state index in [-0.39, 0.29) is 12.6 Å². The molecular weight excluding hydrogens is 452 g/mol. The van der Waals surface area contributed by atoms with Crippen molar-refractivity contribution in [1.82, 2.24) is 9.78 Å². The van der Waals surface area contributed by atoms with Crippen molar-refractivity contribution in [3.05, 3.63) is 65.9 Å². The lowest BCUT2D eigenvalue weighted by Crippen LogP contribution is -2.15. The van der Waals surface area contributed by atoms with E-state index in [1.165, 1.54) is 25.5 Å². The molecule has 8 heteroatoms. The van der Waals surface area contributed by atoms with Gasteiger partial charge in [-0.25, -0.2) is 13.2 Å². The fourth-order valence-electron chi connectivity index (χ4n) is 4.29. The largest absolute Gasteiger partial charge is 0.487 e. The second-order valence-corrected chi connectivity index (χ2v) is 10.6. The Morgan fingerprint density at radius 2 is 1.79 bits per heavy atom. The SMILES string of the molecule is CCOC(=O)c1cccc(OCc2cc(-c3ccc(S(C)(=O)=O)cc3)n(C3CCCCC3)n2)c1. The number of rotatable bonds is 8. The van der Waals surface area contributed by atoms with Gasteiger partial charge in [0.25, 0.3) is 0 Å². The van der Waals surface area contributed by atoms with Crippen LogP contribution in [0.4, 0.5) is 0 Å². The third kappa shape index (κ3) is 5.67. The first kappa shape index (κ1) is 24.0. The molecule has 4 rings (SSSR count). The minimum Gasteiger partial charge on any atom is -0.487 e. The van der Waals surface area contributed by atoms with Gasteiger partial charge in [0.05, 0.1) is 28.8 Å². The average Bonchev–Trinajstić information content (AvgIpc) is 3.28. The average molecular weight is 483 g/mol. The first-order valence-corrected chi connectivity index (χ1v) is 13.5. The van der Waals surface area contributed by atoms with Crippen molar-refractivity contribution >= 4 is 15.8 Å². The van der Waals surface area contributed by atoms with Crippen LogP contribution in [0, 0.1) is 0 Å². The van der Waals surface area contributed by atoms with Crippen molar-refractivity contribution < 1.29 is 22.7 Å². The van der Waals surface area contributed by atoms with Gasteiger partial charge in [0.15, 0.2) is 9.84 Å². The Balaban J connectivity index is 1.58. The second-order valence-electron chi connectivity index (χ2n) is 8.59. The lowest BCUT2D eigenvalue weighted by molar-refractivity contribution is 0.0526. The molecule has 7 nitrogen and oxygen atoms in total. The Labute approximate surface area is 200 Å². The molecule has 1 fully saturated rings. The monoisotopic (exact) mass is 482 g/mol. The van der Waals surface area contributed by atoms with Gasteiger partial charge in [-0.05, 0) is 61.7 Å². The number of ether oxygens (including phenoxy) is 2. The topological polar surface area (TPSA) is 87.5 Å². The van der Waals surface area contributed by atoms with Gasteiger partial charge < -0.3 is 9.47 Å². The molecule has 1 aliphatic rings. The Morgan fingerprint density at radius 3 is 2.47 bits per heavy atom. The molecule has 0 bridgehead atoms. The van der Waals surface area contributed by atoms with Crippen LogP contribution in [-0.2, 0) is 21.2 Å². The Hall–Kier alpha value is -3.13. The molecule has 1 aliphatic carbocycles. The molecule has 0 amide bonds. The molecule has 3 aromatic rings. The second kappa shape index (κ2) is 10.4. The number of hydrogen-bond donors (Lipinski definition) is 0. The quantitative estimate of drug-likeness (QED) is 0.409. The highest BCUT2D eigenvalue weighted by Gasteiger charge is 2.21. The van der Waals surface area contributed by atoms with Crippen molar-refractivity contribution in [2.45, 2.75) is 56.6 Å². The summed E-state index contributed by atoms with van der Waals surface area (Å²) in [6, 6.07) is 16.2. The molecule has 180 valence electrons. The first-order chi connectivity index (χ1) is 16.3. The lowest BCUT2D eigenvalue weighted by Gasteiger charge is -2.24. The molecule has 34 heavy (non-hydrogen) atoms. The van der Waals surface area contributed by atoms with E-state index in [0.717, 1.165) is 29.8 Å². The highest BCUT2D eigenvalue weighted by molar-refractivity contribution is 7.90. The number of aromatic nitrogens is 2. The molecule has 0 saturated heterocycles. The van der Waals surface area contributed by atoms with Gasteiger partial charge >= 0.3 is 5.97 Å². The van der Waals surface area contributed by atoms with Crippen LogP contribution in [0.2, 0.25) is 0 Å². The molecule has 0 aliphatic heterocycles. The number of sulfone groups is 1. The van der Waals surface area contributed by atoms with Crippen molar-refractivity contribution in [2.24, 2.45) is 0 Å². The molecule has 0 N–H and O–H groups in total. The maximum atomic E-state index is 12.0. The predicted octanol–water partition coefficient (Wildman–Crippen LogP) is 5.21. The molecule has 1 aromatic heterocycles. The standard InChI is InChI=1S/C26H30N2O5S/c1-3-32-26(29)20-8-7-11-23(16-20)33-18-21-17-25(28(27-21)22-9-5-4-6-10-22)19-12-14-24(15-13-19)34(2,30)31/h7-8,11-17,22H,3-6,9-10,18H2,1-2H3. The van der Waals surface area contributed by atoms with Gasteiger partial charge in [0.1, 0.15) is 18.1 Å². The summed E-state index contributed by atoms with van der Waals surface area (Å²) in [5.41, 5.74) is 3.08. The van der Waals surface area contributed by atoms with Crippen molar-refractivity contribution in [3.8, 4) is 17.0 Å². The summed E-state index contributed by atoms with van der Waals surface area (Å²) in [6.07, 6.45) is 6.92. The third-order valence-electron chi connectivity index (χ3n) is 6.02. The van der Waals surface area contributed by atoms with Gasteiger partial charge in [0, 0.05) is 6.26 Å². The highest BCUT2D eigenvalue weighted by Crippen LogP contribution is 2.33. The minimum absolute atomic E-state index is 0.250. The van der Waals surface area contributed by atoms with E-state index < -0.39 is 9.84 Å². The van der Waals surface area contributed by atoms with Crippen LogP contribution < -0.4 is 4.74 Å². The number of nitrogens with zero attached hydrogens (tertiary/aromatic N) is 2. The van der Waals surface area contributed by atoms with Gasteiger partial charge in [-0.2, -0.15) is 5.10 Å². The van der Waals surface area contributed by atoms with E-state index in [1.807, 2.05) is 18.2 Å². The van der Waals surface area contributed by atoms with Crippen LogP contribution in [0.15, 0.2) is 59.5 Å². The van der Waals surface area contributed by atoms with E-state index in [9.17, 15) is 13.2 Å². The van der Waals surface area contributed by atoms with Gasteiger partial charge in [-0.15, -0.1) is 0 Å². The van der Waals surface area contributed by atoms with E-state index in [1.54, 1.807) is 43.3 Å². The normalized spacial score (nSPS) is 14.6. The number of esters is 1. The van der Waals surface area contributed by atoms with Crippen LogP contribution in [-0.4, -0.2) is 37.0 Å². The summed E-state index contributed by atoms with van der Waals surface area (Å²) in [4.78, 5) is 12.3. The van der Waals surface area contributed by atoms with Gasteiger partial charge in [-0.1, -0.05) is 37.5 Å². The van der Waals surface area contributed by atoms with E-state index in [2.05, 4.69) is 4.68 Å². The Bertz CT molecular complexity index is 1240. The molecular formula is C26H30N2O5S. The highest BCUT2D eigenvalue weighted by atomic mass is 32.2. The van der Waals surface area contributed by atoms with Crippen molar-refractivity contribution in [1.29, 1.82) is 0 Å². The maximum Gasteiger partial charge on any atom is 0.338 e. The molecule has 1 heterocycles. The van der Waals surface area contributed by atoms with E-state index in [0.29, 0.717) is 28.9 Å². The van der Waals surface area contributed by atoms with Crippen LogP contribution in [0.5, 0.6) is 5.75 Å². The zero-order valence-corrected chi connectivity index (χ0v) is 20.4. The summed E-state index contributed by atoms with van der Waals surface area (Å²) >= 11 is 0. The van der Waals surface area contributed by atoms with E-state index >= 15 is 0 Å². The van der Waals surface area contributed by atoms with Crippen LogP contribution in [0.25, 0.3) is 11.3 Å². The number of carbonyl (C=O) groups is 1. The molecule has 0 radical (unpaired) electrons. The Kier molecular flexibility index (Phi) is 7.36. The third-order valence-corrected chi connectivity index (χ3v) is 7.15. The molecule has 0 spiro atoms. The smallest absolute Gasteiger partial charge is 0.338 e. The van der Waals surface area contributed by atoms with Crippen LogP contribution in [0.1, 0.15) is 61.1 Å². The molecule has 2 aromatic carbocycles. The summed E-state index contributed by atoms with van der Waals surface area (Å²) in [7, 11) is -3.26. The van der Waals surface area contributed by atoms with Crippen LogP contribution in [0.3, 0.4) is 0 Å². The minimum atomic E-state index is -3.26. The number of carbonyl (C=O) groups excluding carboxylic acids is 1. The van der Waals surface area contributed by atoms with Crippen molar-refractivity contribution in [3.63, 3.8) is 0 Å². The summed E-state index contributed by atoms with van der Waals surface area (Å²) < 4.78 is 36.8.